The molecule has 1 fully saturated rings. The van der Waals surface area contributed by atoms with Crippen LogP contribution in [0.3, 0.4) is 0 Å². The van der Waals surface area contributed by atoms with Gasteiger partial charge in [0.25, 0.3) is 0 Å². The van der Waals surface area contributed by atoms with E-state index in [2.05, 4.69) is 49.5 Å². The summed E-state index contributed by atoms with van der Waals surface area (Å²) in [5.41, 5.74) is 2.28. The molecule has 0 aromatic carbocycles. The lowest BCUT2D eigenvalue weighted by Crippen LogP contribution is -2.13. The van der Waals surface area contributed by atoms with Crippen molar-refractivity contribution in [2.24, 2.45) is 10.8 Å². The summed E-state index contributed by atoms with van der Waals surface area (Å²) in [5.74, 6) is 0. The fourth-order valence-electron chi connectivity index (χ4n) is 2.70. The third-order valence-electron chi connectivity index (χ3n) is 3.61. The molecule has 2 atom stereocenters. The van der Waals surface area contributed by atoms with Gasteiger partial charge in [-0.15, -0.1) is 0 Å². The van der Waals surface area contributed by atoms with E-state index in [-0.39, 0.29) is 0 Å². The quantitative estimate of drug-likeness (QED) is 0.505. The van der Waals surface area contributed by atoms with Gasteiger partial charge >= 0.3 is 0 Å². The Labute approximate surface area is 73.0 Å². The predicted octanol–water partition coefficient (Wildman–Crippen LogP) is 3.01. The van der Waals surface area contributed by atoms with Gasteiger partial charge in [-0.1, -0.05) is 48.1 Å². The van der Waals surface area contributed by atoms with Gasteiger partial charge < -0.3 is 0 Å². The highest BCUT2D eigenvalue weighted by molar-refractivity contribution is 5.52. The van der Waals surface area contributed by atoms with Gasteiger partial charge in [-0.3, -0.25) is 0 Å². The summed E-state index contributed by atoms with van der Waals surface area (Å²) < 4.78 is 0. The normalized spacial score (nSPS) is 46.6. The fourth-order valence-corrected chi connectivity index (χ4v) is 2.70. The van der Waals surface area contributed by atoms with E-state index in [0.717, 1.165) is 0 Å². The molecular weight excluding hydrogens is 144 g/mol. The molecule has 12 heavy (non-hydrogen) atoms. The molecule has 3 aliphatic carbocycles. The Morgan fingerprint density at radius 2 is 1.83 bits per heavy atom. The average Bonchev–Trinajstić information content (AvgIpc) is 2.75. The Hall–Kier alpha value is -1.04. The second-order valence-corrected chi connectivity index (χ2v) is 4.12. The van der Waals surface area contributed by atoms with Crippen LogP contribution in [0.4, 0.5) is 0 Å². The van der Waals surface area contributed by atoms with Crippen molar-refractivity contribution in [3.63, 3.8) is 0 Å². The highest BCUT2D eigenvalue weighted by Crippen LogP contribution is 2.72. The van der Waals surface area contributed by atoms with Gasteiger partial charge in [0.2, 0.25) is 0 Å². The summed E-state index contributed by atoms with van der Waals surface area (Å²) in [7, 11) is 0. The summed E-state index contributed by atoms with van der Waals surface area (Å²) in [5, 5.41) is 0. The van der Waals surface area contributed by atoms with Crippen LogP contribution in [0.5, 0.6) is 0 Å². The van der Waals surface area contributed by atoms with E-state index in [1.54, 1.807) is 0 Å². The molecule has 0 amide bonds. The molecule has 0 aromatic rings. The van der Waals surface area contributed by atoms with Crippen LogP contribution < -0.4 is 0 Å². The summed E-state index contributed by atoms with van der Waals surface area (Å²) in [6, 6.07) is 0. The van der Waals surface area contributed by atoms with E-state index in [1.807, 2.05) is 0 Å². The summed E-state index contributed by atoms with van der Waals surface area (Å²) >= 11 is 0. The number of hydrogen-bond acceptors (Lipinski definition) is 0. The Balaban J connectivity index is 2.21. The SMILES string of the molecule is CC1=CC=CC23C=CC=CC12C3. The van der Waals surface area contributed by atoms with Crippen molar-refractivity contribution in [3.8, 4) is 0 Å². The van der Waals surface area contributed by atoms with Crippen molar-refractivity contribution in [1.82, 2.24) is 0 Å². The van der Waals surface area contributed by atoms with Gasteiger partial charge in [0.15, 0.2) is 0 Å². The number of hydrogen-bond donors (Lipinski definition) is 0. The summed E-state index contributed by atoms with van der Waals surface area (Å²) in [6.45, 7) is 2.24. The Bertz CT molecular complexity index is 354. The van der Waals surface area contributed by atoms with Gasteiger partial charge in [0.1, 0.15) is 0 Å². The summed E-state index contributed by atoms with van der Waals surface area (Å²) in [4.78, 5) is 0. The third-order valence-corrected chi connectivity index (χ3v) is 3.61. The van der Waals surface area contributed by atoms with Crippen LogP contribution >= 0.6 is 0 Å². The maximum Gasteiger partial charge on any atom is 0.0232 e. The van der Waals surface area contributed by atoms with Crippen molar-refractivity contribution < 1.29 is 0 Å². The number of allylic oxidation sites excluding steroid dienone is 8. The first-order chi connectivity index (χ1) is 5.79. The van der Waals surface area contributed by atoms with Gasteiger partial charge in [0.05, 0.1) is 0 Å². The van der Waals surface area contributed by atoms with Crippen LogP contribution in [0.25, 0.3) is 0 Å². The molecule has 0 heterocycles. The lowest BCUT2D eigenvalue weighted by atomic mass is 9.80. The highest BCUT2D eigenvalue weighted by atomic mass is 14.7. The highest BCUT2D eigenvalue weighted by Gasteiger charge is 2.64. The van der Waals surface area contributed by atoms with E-state index < -0.39 is 0 Å². The molecule has 0 bridgehead atoms. The van der Waals surface area contributed by atoms with E-state index in [4.69, 9.17) is 0 Å². The molecule has 1 saturated carbocycles. The largest absolute Gasteiger partial charge is 0.0733 e. The minimum Gasteiger partial charge on any atom is -0.0733 e. The molecule has 0 saturated heterocycles. The molecular formula is C12H12. The molecule has 0 radical (unpaired) electrons. The first-order valence-electron chi connectivity index (χ1n) is 4.53. The molecule has 3 rings (SSSR count). The van der Waals surface area contributed by atoms with E-state index in [9.17, 15) is 0 Å². The fraction of sp³-hybridized carbons (Fsp3) is 0.333. The molecule has 0 N–H and O–H groups in total. The molecule has 2 unspecified atom stereocenters. The van der Waals surface area contributed by atoms with Crippen molar-refractivity contribution in [2.75, 3.05) is 0 Å². The minimum atomic E-state index is 0.376. The predicted molar refractivity (Wildman–Crippen MR) is 50.7 cm³/mol. The van der Waals surface area contributed by atoms with Crippen LogP contribution in [-0.2, 0) is 0 Å². The Kier molecular flexibility index (Phi) is 0.894. The number of rotatable bonds is 0. The zero-order valence-corrected chi connectivity index (χ0v) is 7.25. The van der Waals surface area contributed by atoms with E-state index in [0.29, 0.717) is 10.8 Å². The standard InChI is InChI=1S/C12H12/c1-10-5-4-7-11-6-2-3-8-12(10,11)9-11/h2-8H,9H2,1H3. The molecule has 0 aromatic heterocycles. The average molecular weight is 156 g/mol. The van der Waals surface area contributed by atoms with E-state index >= 15 is 0 Å². The Morgan fingerprint density at radius 3 is 2.67 bits per heavy atom. The maximum absolute atomic E-state index is 2.36. The van der Waals surface area contributed by atoms with E-state index in [1.165, 1.54) is 12.0 Å². The van der Waals surface area contributed by atoms with Crippen LogP contribution in [0.1, 0.15) is 13.3 Å². The minimum absolute atomic E-state index is 0.376. The van der Waals surface area contributed by atoms with Crippen LogP contribution in [0, 0.1) is 10.8 Å². The first kappa shape index (κ1) is 6.47. The first-order valence-corrected chi connectivity index (χ1v) is 4.53. The molecule has 3 aliphatic rings. The summed E-state index contributed by atoms with van der Waals surface area (Å²) in [6.07, 6.45) is 17.1. The second kappa shape index (κ2) is 1.66. The van der Waals surface area contributed by atoms with Gasteiger partial charge in [-0.25, -0.2) is 0 Å². The van der Waals surface area contributed by atoms with Crippen molar-refractivity contribution in [3.05, 3.63) is 48.1 Å². The molecule has 0 nitrogen and oxygen atoms in total. The smallest absolute Gasteiger partial charge is 0.0232 e. The lowest BCUT2D eigenvalue weighted by Gasteiger charge is -2.23. The molecule has 0 aliphatic heterocycles. The van der Waals surface area contributed by atoms with Crippen molar-refractivity contribution >= 4 is 0 Å². The van der Waals surface area contributed by atoms with Gasteiger partial charge in [-0.05, 0) is 13.3 Å². The monoisotopic (exact) mass is 156 g/mol. The third kappa shape index (κ3) is 0.492. The second-order valence-electron chi connectivity index (χ2n) is 4.12. The maximum atomic E-state index is 2.36. The van der Waals surface area contributed by atoms with Crippen LogP contribution in [-0.4, -0.2) is 0 Å². The zero-order valence-electron chi connectivity index (χ0n) is 7.25. The molecule has 60 valence electrons. The Morgan fingerprint density at radius 1 is 1.08 bits per heavy atom. The van der Waals surface area contributed by atoms with Crippen LogP contribution in [0.2, 0.25) is 0 Å². The van der Waals surface area contributed by atoms with Gasteiger partial charge in [-0.2, -0.15) is 0 Å². The zero-order chi connectivity index (χ0) is 8.23. The van der Waals surface area contributed by atoms with Gasteiger partial charge in [0, 0.05) is 10.8 Å². The van der Waals surface area contributed by atoms with Crippen LogP contribution in [0.15, 0.2) is 48.1 Å². The van der Waals surface area contributed by atoms with Crippen molar-refractivity contribution in [1.29, 1.82) is 0 Å². The van der Waals surface area contributed by atoms with Crippen molar-refractivity contribution in [2.45, 2.75) is 13.3 Å². The molecule has 0 heteroatoms. The topological polar surface area (TPSA) is 0 Å². The molecule has 0 spiro atoms. The lowest BCUT2D eigenvalue weighted by molar-refractivity contribution is 0.623.